The number of hydrogen-bond acceptors (Lipinski definition) is 1. The van der Waals surface area contributed by atoms with Crippen molar-refractivity contribution < 1.29 is 5.11 Å². The van der Waals surface area contributed by atoms with Crippen LogP contribution in [-0.2, 0) is 0 Å². The molecule has 0 spiro atoms. The minimum atomic E-state index is 0.0115. The molecule has 0 radical (unpaired) electrons. The van der Waals surface area contributed by atoms with Gasteiger partial charge in [-0.15, -0.1) is 0 Å². The minimum absolute atomic E-state index is 0.0115. The standard InChI is InChI=1S/C5H6Cl2O/c6-5(7)3-1-2-4-8/h1-3,8H,4H2. The second kappa shape index (κ2) is 5.16. The molecule has 0 atom stereocenters. The van der Waals surface area contributed by atoms with Crippen LogP contribution < -0.4 is 0 Å². The zero-order valence-corrected chi connectivity index (χ0v) is 5.65. The molecule has 0 aliphatic heterocycles. The fourth-order valence-electron chi connectivity index (χ4n) is 0.202. The smallest absolute Gasteiger partial charge is 0.106 e. The topological polar surface area (TPSA) is 20.2 Å². The van der Waals surface area contributed by atoms with Crippen LogP contribution in [0.2, 0.25) is 0 Å². The van der Waals surface area contributed by atoms with Gasteiger partial charge in [0, 0.05) is 0 Å². The maximum Gasteiger partial charge on any atom is 0.106 e. The first-order valence-electron chi connectivity index (χ1n) is 2.06. The first-order chi connectivity index (χ1) is 3.77. The SMILES string of the molecule is OCC=CC=C(Cl)Cl. The molecular weight excluding hydrogens is 147 g/mol. The van der Waals surface area contributed by atoms with Gasteiger partial charge in [0.1, 0.15) is 4.49 Å². The van der Waals surface area contributed by atoms with E-state index in [-0.39, 0.29) is 11.1 Å². The summed E-state index contributed by atoms with van der Waals surface area (Å²) in [6.45, 7) is 0.0115. The summed E-state index contributed by atoms with van der Waals surface area (Å²) >= 11 is 10.4. The minimum Gasteiger partial charge on any atom is -0.392 e. The Hall–Kier alpha value is 0.0200. The van der Waals surface area contributed by atoms with Crippen LogP contribution in [0, 0.1) is 0 Å². The fraction of sp³-hybridized carbons (Fsp3) is 0.200. The molecule has 0 aromatic carbocycles. The second-order valence-corrected chi connectivity index (χ2v) is 2.07. The number of allylic oxidation sites excluding steroid dienone is 2. The predicted molar refractivity (Wildman–Crippen MR) is 36.0 cm³/mol. The zero-order valence-electron chi connectivity index (χ0n) is 4.14. The molecule has 0 unspecified atom stereocenters. The highest BCUT2D eigenvalue weighted by Crippen LogP contribution is 2.04. The molecular formula is C5H6Cl2O. The van der Waals surface area contributed by atoms with E-state index in [4.69, 9.17) is 28.3 Å². The molecule has 0 aliphatic carbocycles. The normalized spacial score (nSPS) is 9.88. The lowest BCUT2D eigenvalue weighted by Crippen LogP contribution is -1.67. The van der Waals surface area contributed by atoms with Crippen molar-refractivity contribution in [2.45, 2.75) is 0 Å². The molecule has 0 rings (SSSR count). The number of aliphatic hydroxyl groups is 1. The summed E-state index contributed by atoms with van der Waals surface area (Å²) in [5.74, 6) is 0. The van der Waals surface area contributed by atoms with Gasteiger partial charge >= 0.3 is 0 Å². The molecule has 1 N–H and O–H groups in total. The molecule has 3 heteroatoms. The van der Waals surface area contributed by atoms with E-state index in [0.29, 0.717) is 0 Å². The monoisotopic (exact) mass is 152 g/mol. The lowest BCUT2D eigenvalue weighted by molar-refractivity contribution is 0.343. The van der Waals surface area contributed by atoms with Crippen molar-refractivity contribution in [1.82, 2.24) is 0 Å². The molecule has 0 heterocycles. The highest BCUT2D eigenvalue weighted by molar-refractivity contribution is 6.55. The van der Waals surface area contributed by atoms with Crippen LogP contribution in [0.3, 0.4) is 0 Å². The van der Waals surface area contributed by atoms with Crippen LogP contribution in [0.1, 0.15) is 0 Å². The summed E-state index contributed by atoms with van der Waals surface area (Å²) in [7, 11) is 0. The largest absolute Gasteiger partial charge is 0.392 e. The van der Waals surface area contributed by atoms with Crippen molar-refractivity contribution in [2.75, 3.05) is 6.61 Å². The number of aliphatic hydroxyl groups excluding tert-OH is 1. The van der Waals surface area contributed by atoms with Crippen molar-refractivity contribution >= 4 is 23.2 Å². The lowest BCUT2D eigenvalue weighted by atomic mass is 10.5. The van der Waals surface area contributed by atoms with E-state index in [2.05, 4.69) is 0 Å². The van der Waals surface area contributed by atoms with E-state index < -0.39 is 0 Å². The predicted octanol–water partition coefficient (Wildman–Crippen LogP) is 1.85. The van der Waals surface area contributed by atoms with E-state index in [9.17, 15) is 0 Å². The van der Waals surface area contributed by atoms with Gasteiger partial charge in [0.05, 0.1) is 6.61 Å². The third-order valence-electron chi connectivity index (χ3n) is 0.464. The van der Waals surface area contributed by atoms with Gasteiger partial charge in [-0.25, -0.2) is 0 Å². The summed E-state index contributed by atoms with van der Waals surface area (Å²) < 4.78 is 0.190. The Morgan fingerprint density at radius 1 is 1.50 bits per heavy atom. The Balaban J connectivity index is 3.42. The third kappa shape index (κ3) is 6.02. The average molecular weight is 153 g/mol. The van der Waals surface area contributed by atoms with Gasteiger partial charge in [-0.2, -0.15) is 0 Å². The maximum atomic E-state index is 8.18. The molecule has 0 saturated heterocycles. The van der Waals surface area contributed by atoms with Crippen LogP contribution >= 0.6 is 23.2 Å². The van der Waals surface area contributed by atoms with Crippen LogP contribution in [0.4, 0.5) is 0 Å². The van der Waals surface area contributed by atoms with Gasteiger partial charge in [-0.3, -0.25) is 0 Å². The van der Waals surface area contributed by atoms with E-state index in [1.54, 1.807) is 6.08 Å². The highest BCUT2D eigenvalue weighted by atomic mass is 35.5. The molecule has 0 aliphatic rings. The number of halogens is 2. The lowest BCUT2D eigenvalue weighted by Gasteiger charge is -1.75. The molecule has 0 aromatic rings. The van der Waals surface area contributed by atoms with E-state index in [1.165, 1.54) is 12.2 Å². The van der Waals surface area contributed by atoms with Gasteiger partial charge in [0.25, 0.3) is 0 Å². The van der Waals surface area contributed by atoms with Crippen molar-refractivity contribution in [1.29, 1.82) is 0 Å². The summed E-state index contributed by atoms with van der Waals surface area (Å²) in [5, 5.41) is 8.18. The van der Waals surface area contributed by atoms with Gasteiger partial charge in [0.15, 0.2) is 0 Å². The molecule has 0 aromatic heterocycles. The Bertz CT molecular complexity index is 103. The molecule has 0 bridgehead atoms. The quantitative estimate of drug-likeness (QED) is 0.600. The second-order valence-electron chi connectivity index (χ2n) is 1.07. The Morgan fingerprint density at radius 3 is 2.50 bits per heavy atom. The number of rotatable bonds is 2. The molecule has 8 heavy (non-hydrogen) atoms. The van der Waals surface area contributed by atoms with Crippen LogP contribution in [0.25, 0.3) is 0 Å². The summed E-state index contributed by atoms with van der Waals surface area (Å²) in [6, 6.07) is 0. The zero-order chi connectivity index (χ0) is 6.41. The summed E-state index contributed by atoms with van der Waals surface area (Å²) in [6.07, 6.45) is 4.60. The first-order valence-corrected chi connectivity index (χ1v) is 2.81. The van der Waals surface area contributed by atoms with E-state index in [1.807, 2.05) is 0 Å². The third-order valence-corrected chi connectivity index (χ3v) is 0.716. The molecule has 46 valence electrons. The van der Waals surface area contributed by atoms with Crippen LogP contribution in [0.5, 0.6) is 0 Å². The molecule has 0 amide bonds. The Morgan fingerprint density at radius 2 is 2.12 bits per heavy atom. The van der Waals surface area contributed by atoms with Gasteiger partial charge in [-0.1, -0.05) is 35.4 Å². The Labute approximate surface area is 58.2 Å². The van der Waals surface area contributed by atoms with Crippen molar-refractivity contribution in [3.63, 3.8) is 0 Å². The van der Waals surface area contributed by atoms with Gasteiger partial charge < -0.3 is 5.11 Å². The van der Waals surface area contributed by atoms with Crippen molar-refractivity contribution in [2.24, 2.45) is 0 Å². The molecule has 0 fully saturated rings. The van der Waals surface area contributed by atoms with E-state index >= 15 is 0 Å². The van der Waals surface area contributed by atoms with Crippen LogP contribution in [-0.4, -0.2) is 11.7 Å². The van der Waals surface area contributed by atoms with Gasteiger partial charge in [0.2, 0.25) is 0 Å². The fourth-order valence-corrected chi connectivity index (χ4v) is 0.347. The van der Waals surface area contributed by atoms with Crippen molar-refractivity contribution in [3.8, 4) is 0 Å². The number of hydrogen-bond donors (Lipinski definition) is 1. The highest BCUT2D eigenvalue weighted by Gasteiger charge is 1.73. The van der Waals surface area contributed by atoms with Gasteiger partial charge in [-0.05, 0) is 6.08 Å². The average Bonchev–Trinajstić information content (AvgIpc) is 1.66. The molecule has 0 saturated carbocycles. The first kappa shape index (κ1) is 8.02. The van der Waals surface area contributed by atoms with Crippen molar-refractivity contribution in [3.05, 3.63) is 22.7 Å². The Kier molecular flexibility index (Phi) is 5.18. The van der Waals surface area contributed by atoms with E-state index in [0.717, 1.165) is 0 Å². The summed E-state index contributed by atoms with van der Waals surface area (Å²) in [4.78, 5) is 0. The van der Waals surface area contributed by atoms with Crippen LogP contribution in [0.15, 0.2) is 22.7 Å². The molecule has 1 nitrogen and oxygen atoms in total. The maximum absolute atomic E-state index is 8.18. The summed E-state index contributed by atoms with van der Waals surface area (Å²) in [5.41, 5.74) is 0.